The first-order valence-corrected chi connectivity index (χ1v) is 7.76. The van der Waals surface area contributed by atoms with Gasteiger partial charge in [-0.1, -0.05) is 25.7 Å². The molecule has 1 aliphatic heterocycles. The number of carbonyl (C=O) groups excluding carboxylic acids is 1. The van der Waals surface area contributed by atoms with Crippen molar-refractivity contribution in [1.82, 2.24) is 10.2 Å². The molecule has 0 bridgehead atoms. The standard InChI is InChI=1S/C15H25N3O2/c16-12-15(7-3-1-2-4-8-15)17-14(20)10-18-9-5-6-13(18)11-19/h13,19H,1-11H2,(H,17,20)/t13-/m1/s1. The van der Waals surface area contributed by atoms with Crippen LogP contribution in [0.3, 0.4) is 0 Å². The third-order valence-electron chi connectivity index (χ3n) is 4.61. The Labute approximate surface area is 120 Å². The van der Waals surface area contributed by atoms with Gasteiger partial charge in [-0.05, 0) is 32.2 Å². The molecule has 2 aliphatic rings. The molecular weight excluding hydrogens is 254 g/mol. The van der Waals surface area contributed by atoms with E-state index in [4.69, 9.17) is 0 Å². The molecule has 0 aromatic rings. The van der Waals surface area contributed by atoms with Gasteiger partial charge in [-0.2, -0.15) is 5.26 Å². The monoisotopic (exact) mass is 279 g/mol. The summed E-state index contributed by atoms with van der Waals surface area (Å²) in [5.74, 6) is -0.0752. The summed E-state index contributed by atoms with van der Waals surface area (Å²) in [4.78, 5) is 14.2. The highest BCUT2D eigenvalue weighted by Gasteiger charge is 2.34. The predicted octanol–water partition coefficient (Wildman–Crippen LogP) is 1.18. The van der Waals surface area contributed by atoms with Gasteiger partial charge in [-0.15, -0.1) is 0 Å². The van der Waals surface area contributed by atoms with E-state index in [9.17, 15) is 15.2 Å². The maximum absolute atomic E-state index is 12.2. The fraction of sp³-hybridized carbons (Fsp3) is 0.867. The average Bonchev–Trinajstić information content (AvgIpc) is 2.75. The number of aliphatic hydroxyl groups is 1. The van der Waals surface area contributed by atoms with E-state index in [1.165, 1.54) is 0 Å². The quantitative estimate of drug-likeness (QED) is 0.758. The number of carbonyl (C=O) groups is 1. The highest BCUT2D eigenvalue weighted by molar-refractivity contribution is 5.79. The Morgan fingerprint density at radius 2 is 2.00 bits per heavy atom. The Kier molecular flexibility index (Phi) is 5.38. The first-order chi connectivity index (χ1) is 9.69. The van der Waals surface area contributed by atoms with Crippen molar-refractivity contribution in [3.05, 3.63) is 0 Å². The van der Waals surface area contributed by atoms with Crippen LogP contribution in [0.4, 0.5) is 0 Å². The molecule has 2 fully saturated rings. The third-order valence-corrected chi connectivity index (χ3v) is 4.61. The van der Waals surface area contributed by atoms with Crippen LogP contribution >= 0.6 is 0 Å². The number of amides is 1. The number of aliphatic hydroxyl groups excluding tert-OH is 1. The van der Waals surface area contributed by atoms with E-state index in [-0.39, 0.29) is 18.6 Å². The first kappa shape index (κ1) is 15.3. The summed E-state index contributed by atoms with van der Waals surface area (Å²) in [6.07, 6.45) is 7.83. The van der Waals surface area contributed by atoms with Crippen LogP contribution < -0.4 is 5.32 Å². The molecule has 112 valence electrons. The van der Waals surface area contributed by atoms with E-state index >= 15 is 0 Å². The molecule has 0 spiro atoms. The second-order valence-corrected chi connectivity index (χ2v) is 6.11. The highest BCUT2D eigenvalue weighted by atomic mass is 16.3. The number of likely N-dealkylation sites (tertiary alicyclic amines) is 1. The first-order valence-electron chi connectivity index (χ1n) is 7.76. The summed E-state index contributed by atoms with van der Waals surface area (Å²) in [6, 6.07) is 2.44. The van der Waals surface area contributed by atoms with Crippen LogP contribution in [0.15, 0.2) is 0 Å². The zero-order valence-corrected chi connectivity index (χ0v) is 12.1. The molecule has 0 unspecified atom stereocenters. The van der Waals surface area contributed by atoms with Crippen molar-refractivity contribution in [1.29, 1.82) is 5.26 Å². The molecule has 20 heavy (non-hydrogen) atoms. The lowest BCUT2D eigenvalue weighted by molar-refractivity contribution is -0.124. The molecule has 5 nitrogen and oxygen atoms in total. The van der Waals surface area contributed by atoms with Crippen LogP contribution in [0, 0.1) is 11.3 Å². The average molecular weight is 279 g/mol. The normalized spacial score (nSPS) is 26.7. The molecule has 0 aromatic heterocycles. The van der Waals surface area contributed by atoms with E-state index in [1.54, 1.807) is 0 Å². The van der Waals surface area contributed by atoms with Crippen LogP contribution in [-0.4, -0.2) is 47.2 Å². The zero-order chi connectivity index (χ0) is 14.4. The number of hydrogen-bond donors (Lipinski definition) is 2. The maximum atomic E-state index is 12.2. The smallest absolute Gasteiger partial charge is 0.235 e. The second kappa shape index (κ2) is 7.05. The summed E-state index contributed by atoms with van der Waals surface area (Å²) in [6.45, 7) is 1.27. The minimum atomic E-state index is -0.665. The van der Waals surface area contributed by atoms with Gasteiger partial charge in [-0.3, -0.25) is 9.69 Å². The van der Waals surface area contributed by atoms with Crippen LogP contribution in [-0.2, 0) is 4.79 Å². The van der Waals surface area contributed by atoms with Gasteiger partial charge in [0.15, 0.2) is 0 Å². The van der Waals surface area contributed by atoms with Crippen molar-refractivity contribution in [2.45, 2.75) is 62.9 Å². The Bertz CT molecular complexity index is 370. The molecule has 1 atom stereocenters. The SMILES string of the molecule is N#CC1(NC(=O)CN2CCC[C@@H]2CO)CCCCCC1. The number of hydrogen-bond acceptors (Lipinski definition) is 4. The van der Waals surface area contributed by atoms with Crippen LogP contribution in [0.1, 0.15) is 51.4 Å². The van der Waals surface area contributed by atoms with Crippen molar-refractivity contribution in [3.63, 3.8) is 0 Å². The van der Waals surface area contributed by atoms with Crippen LogP contribution in [0.5, 0.6) is 0 Å². The molecule has 1 aliphatic carbocycles. The predicted molar refractivity (Wildman–Crippen MR) is 75.9 cm³/mol. The molecule has 0 radical (unpaired) electrons. The number of nitrogens with zero attached hydrogens (tertiary/aromatic N) is 2. The van der Waals surface area contributed by atoms with E-state index < -0.39 is 5.54 Å². The highest BCUT2D eigenvalue weighted by Crippen LogP contribution is 2.26. The lowest BCUT2D eigenvalue weighted by atomic mass is 9.92. The van der Waals surface area contributed by atoms with Crippen molar-refractivity contribution >= 4 is 5.91 Å². The van der Waals surface area contributed by atoms with Crippen LogP contribution in [0.2, 0.25) is 0 Å². The van der Waals surface area contributed by atoms with Gasteiger partial charge < -0.3 is 10.4 Å². The lowest BCUT2D eigenvalue weighted by Gasteiger charge is -2.28. The molecule has 2 rings (SSSR count). The second-order valence-electron chi connectivity index (χ2n) is 6.11. The Balaban J connectivity index is 1.90. The molecule has 1 heterocycles. The third kappa shape index (κ3) is 3.71. The van der Waals surface area contributed by atoms with Gasteiger partial charge in [-0.25, -0.2) is 0 Å². The van der Waals surface area contributed by atoms with E-state index in [1.807, 2.05) is 4.90 Å². The van der Waals surface area contributed by atoms with E-state index in [2.05, 4.69) is 11.4 Å². The molecule has 1 saturated carbocycles. The lowest BCUT2D eigenvalue weighted by Crippen LogP contribution is -2.51. The Morgan fingerprint density at radius 1 is 1.30 bits per heavy atom. The molecule has 1 amide bonds. The summed E-state index contributed by atoms with van der Waals surface area (Å²) in [7, 11) is 0. The van der Waals surface area contributed by atoms with Gasteiger partial charge >= 0.3 is 0 Å². The van der Waals surface area contributed by atoms with E-state index in [0.29, 0.717) is 6.54 Å². The van der Waals surface area contributed by atoms with E-state index in [0.717, 1.165) is 57.9 Å². The van der Waals surface area contributed by atoms with Crippen molar-refractivity contribution < 1.29 is 9.90 Å². The summed E-state index contributed by atoms with van der Waals surface area (Å²) >= 11 is 0. The summed E-state index contributed by atoms with van der Waals surface area (Å²) < 4.78 is 0. The van der Waals surface area contributed by atoms with Crippen LogP contribution in [0.25, 0.3) is 0 Å². The Morgan fingerprint density at radius 3 is 2.60 bits per heavy atom. The van der Waals surface area contributed by atoms with Gasteiger partial charge in [0.1, 0.15) is 5.54 Å². The van der Waals surface area contributed by atoms with Crippen molar-refractivity contribution in [3.8, 4) is 6.07 Å². The molecule has 1 saturated heterocycles. The minimum Gasteiger partial charge on any atom is -0.395 e. The summed E-state index contributed by atoms with van der Waals surface area (Å²) in [5.41, 5.74) is -0.665. The molecule has 5 heteroatoms. The van der Waals surface area contributed by atoms with Crippen molar-refractivity contribution in [2.75, 3.05) is 19.7 Å². The fourth-order valence-electron chi connectivity index (χ4n) is 3.40. The van der Waals surface area contributed by atoms with Crippen molar-refractivity contribution in [2.24, 2.45) is 0 Å². The van der Waals surface area contributed by atoms with Gasteiger partial charge in [0, 0.05) is 6.04 Å². The Hall–Kier alpha value is -1.12. The largest absolute Gasteiger partial charge is 0.395 e. The fourth-order valence-corrected chi connectivity index (χ4v) is 3.40. The number of rotatable bonds is 4. The molecule has 0 aromatic carbocycles. The number of nitriles is 1. The summed E-state index contributed by atoms with van der Waals surface area (Å²) in [5, 5.41) is 21.7. The zero-order valence-electron chi connectivity index (χ0n) is 12.1. The number of nitrogens with one attached hydrogen (secondary N) is 1. The maximum Gasteiger partial charge on any atom is 0.235 e. The van der Waals surface area contributed by atoms with Gasteiger partial charge in [0.25, 0.3) is 0 Å². The molecule has 2 N–H and O–H groups in total. The molecular formula is C15H25N3O2. The minimum absolute atomic E-state index is 0.0752. The van der Waals surface area contributed by atoms with Gasteiger partial charge in [0.05, 0.1) is 19.2 Å². The topological polar surface area (TPSA) is 76.4 Å². The van der Waals surface area contributed by atoms with Gasteiger partial charge in [0.2, 0.25) is 5.91 Å².